The first-order valence-electron chi connectivity index (χ1n) is 8.01. The Morgan fingerprint density at radius 3 is 2.63 bits per heavy atom. The highest BCUT2D eigenvalue weighted by Gasteiger charge is 2.28. The molecule has 27 heavy (non-hydrogen) atoms. The highest BCUT2D eigenvalue weighted by molar-refractivity contribution is 6.04. The van der Waals surface area contributed by atoms with Crippen LogP contribution in [0.25, 0.3) is 23.1 Å². The molecular weight excluding hydrogens is 354 g/mol. The number of nitrogens with one attached hydrogen (secondary N) is 2. The van der Waals surface area contributed by atoms with Crippen LogP contribution < -0.4 is 11.3 Å². The molecule has 1 aliphatic rings. The Bertz CT molecular complexity index is 1070. The molecule has 0 fully saturated rings. The number of rotatable bonds is 4. The van der Waals surface area contributed by atoms with Crippen LogP contribution in [0.5, 0.6) is 0 Å². The molecule has 2 aromatic carbocycles. The van der Waals surface area contributed by atoms with Crippen molar-refractivity contribution in [3.8, 4) is 0 Å². The van der Waals surface area contributed by atoms with Gasteiger partial charge in [-0.2, -0.15) is 10.2 Å². The fourth-order valence-corrected chi connectivity index (χ4v) is 2.78. The summed E-state index contributed by atoms with van der Waals surface area (Å²) < 4.78 is 27.5. The molecule has 0 amide bonds. The van der Waals surface area contributed by atoms with Gasteiger partial charge >= 0.3 is 0 Å². The molecule has 0 saturated heterocycles. The van der Waals surface area contributed by atoms with E-state index in [1.54, 1.807) is 30.4 Å². The lowest BCUT2D eigenvalue weighted by Gasteiger charge is -2.17. The molecule has 1 aromatic heterocycles. The molecule has 2 heterocycles. The van der Waals surface area contributed by atoms with Gasteiger partial charge in [0.1, 0.15) is 11.6 Å². The van der Waals surface area contributed by atoms with Crippen LogP contribution in [0.3, 0.4) is 0 Å². The van der Waals surface area contributed by atoms with Gasteiger partial charge in [0.2, 0.25) is 0 Å². The molecule has 9 heteroatoms. The number of hydrazone groups is 1. The third-order valence-electron chi connectivity index (χ3n) is 4.20. The number of nitrogens with two attached hydrogens (primary N) is 1. The number of halogens is 2. The maximum Gasteiger partial charge on any atom is 0.186 e. The van der Waals surface area contributed by atoms with Crippen LogP contribution in [-0.2, 0) is 4.79 Å². The van der Waals surface area contributed by atoms with Crippen LogP contribution in [0.2, 0.25) is 0 Å². The number of aromatic amines is 1. The minimum absolute atomic E-state index is 0.112. The number of aromatic nitrogens is 2. The minimum atomic E-state index is -0.850. The summed E-state index contributed by atoms with van der Waals surface area (Å²) in [5.74, 6) is 5.06. The molecule has 0 saturated carbocycles. The van der Waals surface area contributed by atoms with E-state index in [0.717, 1.165) is 10.6 Å². The summed E-state index contributed by atoms with van der Waals surface area (Å²) in [5, 5.41) is 12.6. The summed E-state index contributed by atoms with van der Waals surface area (Å²) in [7, 11) is 0. The lowest BCUT2D eigenvalue weighted by atomic mass is 10.1. The van der Waals surface area contributed by atoms with Gasteiger partial charge in [-0.3, -0.25) is 20.3 Å². The second-order valence-electron chi connectivity index (χ2n) is 5.92. The highest BCUT2D eigenvalue weighted by atomic mass is 19.1. The zero-order valence-electron chi connectivity index (χ0n) is 13.9. The molecule has 136 valence electrons. The van der Waals surface area contributed by atoms with Crippen molar-refractivity contribution in [1.29, 1.82) is 0 Å². The van der Waals surface area contributed by atoms with Crippen molar-refractivity contribution in [2.24, 2.45) is 10.9 Å². The predicted molar refractivity (Wildman–Crippen MR) is 96.9 cm³/mol. The topological polar surface area (TPSA) is 99.4 Å². The molecule has 0 spiro atoms. The number of amidine groups is 1. The number of nitrogens with zero attached hydrogens (tertiary/aromatic N) is 3. The van der Waals surface area contributed by atoms with Gasteiger partial charge in [0.05, 0.1) is 16.8 Å². The number of aldehydes is 1. The number of H-pyrrole nitrogens is 1. The number of carbonyl (C=O) groups excluding carboxylic acids is 1. The predicted octanol–water partition coefficient (Wildman–Crippen LogP) is 1.98. The van der Waals surface area contributed by atoms with Crippen molar-refractivity contribution in [3.63, 3.8) is 0 Å². The Hall–Kier alpha value is -3.59. The average Bonchev–Trinajstić information content (AvgIpc) is 3.23. The maximum absolute atomic E-state index is 14.5. The van der Waals surface area contributed by atoms with Gasteiger partial charge in [0, 0.05) is 11.5 Å². The summed E-state index contributed by atoms with van der Waals surface area (Å²) >= 11 is 0. The molecule has 3 aromatic rings. The number of hydrogen-bond donors (Lipinski definition) is 3. The number of benzene rings is 2. The van der Waals surface area contributed by atoms with E-state index in [-0.39, 0.29) is 17.2 Å². The van der Waals surface area contributed by atoms with Gasteiger partial charge in [0.15, 0.2) is 18.3 Å². The van der Waals surface area contributed by atoms with Gasteiger partial charge in [-0.05, 0) is 29.8 Å². The Morgan fingerprint density at radius 2 is 1.93 bits per heavy atom. The molecule has 0 radical (unpaired) electrons. The smallest absolute Gasteiger partial charge is 0.186 e. The summed E-state index contributed by atoms with van der Waals surface area (Å²) in [4.78, 5) is 10.9. The Kier molecular flexibility index (Phi) is 4.13. The van der Waals surface area contributed by atoms with Crippen LogP contribution in [0.1, 0.15) is 16.8 Å². The Balaban J connectivity index is 1.72. The third-order valence-corrected chi connectivity index (χ3v) is 4.20. The van der Waals surface area contributed by atoms with Gasteiger partial charge < -0.3 is 0 Å². The third kappa shape index (κ3) is 3.04. The molecule has 7 nitrogen and oxygen atoms in total. The van der Waals surface area contributed by atoms with E-state index in [1.807, 2.05) is 0 Å². The Morgan fingerprint density at radius 1 is 1.15 bits per heavy atom. The van der Waals surface area contributed by atoms with Crippen molar-refractivity contribution < 1.29 is 13.6 Å². The van der Waals surface area contributed by atoms with Gasteiger partial charge in [0.25, 0.3) is 0 Å². The van der Waals surface area contributed by atoms with E-state index >= 15 is 0 Å². The van der Waals surface area contributed by atoms with E-state index < -0.39 is 12.0 Å². The average molecular weight is 368 g/mol. The van der Waals surface area contributed by atoms with Crippen LogP contribution in [-0.4, -0.2) is 33.5 Å². The van der Waals surface area contributed by atoms with Crippen molar-refractivity contribution in [2.45, 2.75) is 6.17 Å². The normalized spacial score (nSPS) is 16.8. The molecule has 1 atom stereocenters. The second-order valence-corrected chi connectivity index (χ2v) is 5.92. The van der Waals surface area contributed by atoms with Crippen LogP contribution in [0, 0.1) is 11.6 Å². The highest BCUT2D eigenvalue weighted by Crippen LogP contribution is 2.24. The van der Waals surface area contributed by atoms with Gasteiger partial charge in [-0.15, -0.1) is 0 Å². The van der Waals surface area contributed by atoms with Crippen LogP contribution in [0.4, 0.5) is 8.78 Å². The molecule has 4 N–H and O–H groups in total. The second kappa shape index (κ2) is 6.61. The monoisotopic (exact) mass is 368 g/mol. The molecule has 0 bridgehead atoms. The first-order chi connectivity index (χ1) is 13.1. The first kappa shape index (κ1) is 16.9. The van der Waals surface area contributed by atoms with Gasteiger partial charge in [-0.25, -0.2) is 14.6 Å². The zero-order chi connectivity index (χ0) is 19.0. The number of fused-ring (bicyclic) bond motifs is 1. The number of hydrazine groups is 1. The summed E-state index contributed by atoms with van der Waals surface area (Å²) in [6.45, 7) is 0. The standard InChI is InChI=1S/C18H14F2N6O/c19-11-4-1-10(2-5-11)3-6-15-13-7-12(14(20)8-16(13)23-22-15)18-25-24-17(9-27)26(18)21/h1-9,17,24H,21H2,(H,22,23)/b6-3+. The largest absolute Gasteiger partial charge is 0.299 e. The lowest BCUT2D eigenvalue weighted by molar-refractivity contribution is -0.111. The summed E-state index contributed by atoms with van der Waals surface area (Å²) in [5.41, 5.74) is 4.52. The van der Waals surface area contributed by atoms with E-state index in [0.29, 0.717) is 22.9 Å². The van der Waals surface area contributed by atoms with Crippen molar-refractivity contribution >= 4 is 35.2 Å². The zero-order valence-corrected chi connectivity index (χ0v) is 13.9. The molecule has 1 unspecified atom stereocenters. The SMILES string of the molecule is NN1C(c2cc3c(/C=C/c4ccc(F)cc4)n[nH]c3cc2F)=NNC1C=O. The molecule has 0 aliphatic carbocycles. The summed E-state index contributed by atoms with van der Waals surface area (Å²) in [6.07, 6.45) is 3.22. The van der Waals surface area contributed by atoms with E-state index in [2.05, 4.69) is 20.7 Å². The van der Waals surface area contributed by atoms with E-state index in [9.17, 15) is 13.6 Å². The minimum Gasteiger partial charge on any atom is -0.299 e. The van der Waals surface area contributed by atoms with E-state index in [1.165, 1.54) is 18.2 Å². The van der Waals surface area contributed by atoms with Crippen LogP contribution >= 0.6 is 0 Å². The van der Waals surface area contributed by atoms with Crippen molar-refractivity contribution in [3.05, 3.63) is 64.9 Å². The van der Waals surface area contributed by atoms with Crippen LogP contribution in [0.15, 0.2) is 41.5 Å². The fourth-order valence-electron chi connectivity index (χ4n) is 2.78. The molecule has 1 aliphatic heterocycles. The van der Waals surface area contributed by atoms with Crippen molar-refractivity contribution in [1.82, 2.24) is 20.6 Å². The first-order valence-corrected chi connectivity index (χ1v) is 8.01. The Labute approximate surface area is 152 Å². The number of hydrogen-bond acceptors (Lipinski definition) is 6. The molecule has 4 rings (SSSR count). The van der Waals surface area contributed by atoms with E-state index in [4.69, 9.17) is 5.84 Å². The number of carbonyl (C=O) groups is 1. The van der Waals surface area contributed by atoms with Crippen molar-refractivity contribution in [2.75, 3.05) is 0 Å². The lowest BCUT2D eigenvalue weighted by Crippen LogP contribution is -2.46. The summed E-state index contributed by atoms with van der Waals surface area (Å²) in [6, 6.07) is 8.84. The fraction of sp³-hybridized carbons (Fsp3) is 0.0556. The quantitative estimate of drug-likeness (QED) is 0.483. The molecular formula is C18H14F2N6O. The van der Waals surface area contributed by atoms with Gasteiger partial charge in [-0.1, -0.05) is 18.2 Å². The maximum atomic E-state index is 14.5.